The van der Waals surface area contributed by atoms with Gasteiger partial charge in [0.2, 0.25) is 0 Å². The fourth-order valence-electron chi connectivity index (χ4n) is 3.95. The smallest absolute Gasteiger partial charge is 0.295 e. The zero-order valence-electron chi connectivity index (χ0n) is 19.6. The van der Waals surface area contributed by atoms with E-state index in [9.17, 15) is 14.7 Å². The quantitative estimate of drug-likeness (QED) is 0.354. The molecule has 1 aliphatic rings. The summed E-state index contributed by atoms with van der Waals surface area (Å²) in [7, 11) is 8.49. The summed E-state index contributed by atoms with van der Waals surface area (Å²) in [4.78, 5) is 29.8. The Morgan fingerprint density at radius 2 is 1.61 bits per heavy atom. The van der Waals surface area contributed by atoms with E-state index in [-0.39, 0.29) is 11.3 Å². The molecule has 0 bridgehead atoms. The van der Waals surface area contributed by atoms with E-state index in [0.717, 1.165) is 6.54 Å². The first-order chi connectivity index (χ1) is 15.8. The Hall–Kier alpha value is -3.52. The predicted molar refractivity (Wildman–Crippen MR) is 125 cm³/mol. The molecule has 1 aliphatic heterocycles. The first-order valence-electron chi connectivity index (χ1n) is 10.6. The Balaban J connectivity index is 2.17. The van der Waals surface area contributed by atoms with Crippen molar-refractivity contribution in [3.05, 3.63) is 59.2 Å². The van der Waals surface area contributed by atoms with Crippen molar-refractivity contribution in [3.63, 3.8) is 0 Å². The van der Waals surface area contributed by atoms with Crippen molar-refractivity contribution in [2.45, 2.75) is 12.5 Å². The first-order valence-corrected chi connectivity index (χ1v) is 10.6. The molecule has 2 aromatic carbocycles. The molecule has 176 valence electrons. The molecule has 2 aromatic rings. The number of hydrogen-bond acceptors (Lipinski definition) is 7. The highest BCUT2D eigenvalue weighted by atomic mass is 16.5. The van der Waals surface area contributed by atoms with Crippen LogP contribution in [-0.4, -0.2) is 75.1 Å². The number of nitrogens with zero attached hydrogens (tertiary/aromatic N) is 2. The number of ether oxygens (including phenoxy) is 3. The minimum absolute atomic E-state index is 0.0153. The lowest BCUT2D eigenvalue weighted by Gasteiger charge is -2.27. The molecule has 1 heterocycles. The van der Waals surface area contributed by atoms with Gasteiger partial charge >= 0.3 is 0 Å². The van der Waals surface area contributed by atoms with E-state index in [1.54, 1.807) is 49.6 Å². The largest absolute Gasteiger partial charge is 0.507 e. The fourth-order valence-corrected chi connectivity index (χ4v) is 3.95. The molecule has 8 heteroatoms. The average Bonchev–Trinajstić information content (AvgIpc) is 3.07. The van der Waals surface area contributed by atoms with Crippen molar-refractivity contribution in [2.75, 3.05) is 48.5 Å². The van der Waals surface area contributed by atoms with Crippen molar-refractivity contribution < 1.29 is 28.9 Å². The number of rotatable bonds is 9. The molecule has 8 nitrogen and oxygen atoms in total. The normalized spacial score (nSPS) is 17.5. The highest BCUT2D eigenvalue weighted by Gasteiger charge is 2.47. The summed E-state index contributed by atoms with van der Waals surface area (Å²) in [5.74, 6) is 0.0134. The standard InChI is InChI=1S/C25H30N2O6/c1-26(2)13-6-14-27-22(19-15-18(32-4)11-12-20(19)33-5)21(24(29)25(27)30)23(28)16-7-9-17(31-3)10-8-16/h7-12,15,22,28H,6,13-14H2,1-5H3/b23-21+/t22-/m0/s1. The number of aliphatic hydroxyl groups excluding tert-OH is 1. The van der Waals surface area contributed by atoms with E-state index < -0.39 is 17.7 Å². The molecule has 1 amide bonds. The molecular formula is C25H30N2O6. The zero-order chi connectivity index (χ0) is 24.1. The number of carbonyl (C=O) groups excluding carboxylic acids is 2. The maximum atomic E-state index is 13.2. The summed E-state index contributed by atoms with van der Waals surface area (Å²) in [5, 5.41) is 11.2. The third kappa shape index (κ3) is 4.96. The summed E-state index contributed by atoms with van der Waals surface area (Å²) >= 11 is 0. The van der Waals surface area contributed by atoms with E-state index in [1.807, 2.05) is 19.0 Å². The van der Waals surface area contributed by atoms with Crippen LogP contribution in [0.2, 0.25) is 0 Å². The van der Waals surface area contributed by atoms with Crippen LogP contribution in [0.15, 0.2) is 48.0 Å². The van der Waals surface area contributed by atoms with Crippen molar-refractivity contribution in [1.29, 1.82) is 0 Å². The van der Waals surface area contributed by atoms with Crippen LogP contribution < -0.4 is 14.2 Å². The van der Waals surface area contributed by atoms with Crippen LogP contribution in [0.1, 0.15) is 23.6 Å². The van der Waals surface area contributed by atoms with Gasteiger partial charge in [-0.1, -0.05) is 0 Å². The van der Waals surface area contributed by atoms with Crippen LogP contribution in [0.4, 0.5) is 0 Å². The number of aliphatic hydroxyl groups is 1. The molecular weight excluding hydrogens is 424 g/mol. The highest BCUT2D eigenvalue weighted by Crippen LogP contribution is 2.44. The third-order valence-electron chi connectivity index (χ3n) is 5.64. The van der Waals surface area contributed by atoms with Gasteiger partial charge in [0.25, 0.3) is 11.7 Å². The maximum absolute atomic E-state index is 13.2. The van der Waals surface area contributed by atoms with Crippen LogP contribution in [0.3, 0.4) is 0 Å². The molecule has 3 rings (SSSR count). The maximum Gasteiger partial charge on any atom is 0.295 e. The van der Waals surface area contributed by atoms with Gasteiger partial charge in [0, 0.05) is 17.7 Å². The SMILES string of the molecule is COc1ccc(/C(O)=C2\C(=O)C(=O)N(CCCN(C)C)[C@H]2c2cc(OC)ccc2OC)cc1. The predicted octanol–water partition coefficient (Wildman–Crippen LogP) is 3.09. The molecule has 0 radical (unpaired) electrons. The van der Waals surface area contributed by atoms with Gasteiger partial charge in [-0.05, 0) is 69.5 Å². The number of amides is 1. The molecule has 33 heavy (non-hydrogen) atoms. The second-order valence-electron chi connectivity index (χ2n) is 7.99. The Kier molecular flexibility index (Phi) is 7.60. The average molecular weight is 455 g/mol. The Labute approximate surface area is 194 Å². The lowest BCUT2D eigenvalue weighted by Crippen LogP contribution is -2.32. The Bertz CT molecular complexity index is 1050. The zero-order valence-corrected chi connectivity index (χ0v) is 19.6. The van der Waals surface area contributed by atoms with Crippen LogP contribution >= 0.6 is 0 Å². The van der Waals surface area contributed by atoms with Gasteiger partial charge in [-0.3, -0.25) is 9.59 Å². The monoisotopic (exact) mass is 454 g/mol. The van der Waals surface area contributed by atoms with Gasteiger partial charge in [-0.25, -0.2) is 0 Å². The van der Waals surface area contributed by atoms with Crippen molar-refractivity contribution in [2.24, 2.45) is 0 Å². The van der Waals surface area contributed by atoms with E-state index in [0.29, 0.717) is 41.3 Å². The molecule has 1 fully saturated rings. The third-order valence-corrected chi connectivity index (χ3v) is 5.64. The van der Waals surface area contributed by atoms with Gasteiger partial charge in [0.05, 0.1) is 32.9 Å². The van der Waals surface area contributed by atoms with E-state index in [2.05, 4.69) is 0 Å². The van der Waals surface area contributed by atoms with Crippen molar-refractivity contribution >= 4 is 17.4 Å². The molecule has 0 unspecified atom stereocenters. The topological polar surface area (TPSA) is 88.5 Å². The molecule has 1 saturated heterocycles. The lowest BCUT2D eigenvalue weighted by atomic mass is 9.94. The van der Waals surface area contributed by atoms with E-state index >= 15 is 0 Å². The van der Waals surface area contributed by atoms with E-state index in [1.165, 1.54) is 19.1 Å². The summed E-state index contributed by atoms with van der Waals surface area (Å²) < 4.78 is 16.1. The molecule has 1 atom stereocenters. The van der Waals surface area contributed by atoms with E-state index in [4.69, 9.17) is 14.2 Å². The summed E-state index contributed by atoms with van der Waals surface area (Å²) in [6, 6.07) is 11.0. The van der Waals surface area contributed by atoms with Gasteiger partial charge in [-0.2, -0.15) is 0 Å². The summed E-state index contributed by atoms with van der Waals surface area (Å²) in [6.45, 7) is 1.08. The van der Waals surface area contributed by atoms with Gasteiger partial charge < -0.3 is 29.1 Å². The second-order valence-corrected chi connectivity index (χ2v) is 7.99. The first kappa shape index (κ1) is 24.1. The van der Waals surface area contributed by atoms with Crippen LogP contribution in [0.5, 0.6) is 17.2 Å². The van der Waals surface area contributed by atoms with Crippen LogP contribution in [-0.2, 0) is 9.59 Å². The number of carbonyl (C=O) groups is 2. The number of likely N-dealkylation sites (tertiary alicyclic amines) is 1. The minimum atomic E-state index is -0.820. The summed E-state index contributed by atoms with van der Waals surface area (Å²) in [6.07, 6.45) is 0.658. The molecule has 0 aliphatic carbocycles. The van der Waals surface area contributed by atoms with Gasteiger partial charge in [-0.15, -0.1) is 0 Å². The Morgan fingerprint density at radius 1 is 0.970 bits per heavy atom. The lowest BCUT2D eigenvalue weighted by molar-refractivity contribution is -0.140. The molecule has 0 spiro atoms. The van der Waals surface area contributed by atoms with Crippen molar-refractivity contribution in [3.8, 4) is 17.2 Å². The van der Waals surface area contributed by atoms with Crippen LogP contribution in [0, 0.1) is 0 Å². The summed E-state index contributed by atoms with van der Waals surface area (Å²) in [5.41, 5.74) is 0.992. The number of methoxy groups -OCH3 is 3. The minimum Gasteiger partial charge on any atom is -0.507 e. The van der Waals surface area contributed by atoms with Crippen LogP contribution in [0.25, 0.3) is 5.76 Å². The molecule has 1 N–H and O–H groups in total. The molecule has 0 aromatic heterocycles. The fraction of sp³-hybridized carbons (Fsp3) is 0.360. The highest BCUT2D eigenvalue weighted by molar-refractivity contribution is 6.46. The number of ketones is 1. The van der Waals surface area contributed by atoms with Gasteiger partial charge in [0.1, 0.15) is 23.0 Å². The molecule has 0 saturated carbocycles. The second kappa shape index (κ2) is 10.4. The van der Waals surface area contributed by atoms with Gasteiger partial charge in [0.15, 0.2) is 0 Å². The number of Topliss-reactive ketones (excluding diaryl/α,β-unsaturated/α-hetero) is 1. The van der Waals surface area contributed by atoms with Crippen molar-refractivity contribution in [1.82, 2.24) is 9.80 Å². The Morgan fingerprint density at radius 3 is 2.18 bits per heavy atom. The number of benzene rings is 2. The number of hydrogen-bond donors (Lipinski definition) is 1.